The van der Waals surface area contributed by atoms with E-state index in [0.29, 0.717) is 0 Å². The largest absolute Gasteiger partial charge is 0.394 e. The van der Waals surface area contributed by atoms with Gasteiger partial charge in [0.1, 0.15) is 30.1 Å². The Morgan fingerprint density at radius 1 is 1.19 bits per heavy atom. The van der Waals surface area contributed by atoms with Gasteiger partial charge in [0.15, 0.2) is 0 Å². The number of aliphatic imine (C=N–C) groups is 1. The number of hydrazone groups is 1. The Bertz CT molecular complexity index is 746. The highest BCUT2D eigenvalue weighted by atomic mass is 16.4. The van der Waals surface area contributed by atoms with E-state index in [1.165, 1.54) is 0 Å². The number of guanidine groups is 1. The van der Waals surface area contributed by atoms with Crippen LogP contribution in [0.4, 0.5) is 0 Å². The lowest BCUT2D eigenvalue weighted by Crippen LogP contribution is -2.46. The number of amides is 1. The lowest BCUT2D eigenvalue weighted by Gasteiger charge is -2.23. The molecule has 1 amide bonds. The molecule has 0 aliphatic carbocycles. The number of hydrogen-bond donors (Lipinski definition) is 7. The second kappa shape index (κ2) is 9.35. The highest BCUT2D eigenvalue weighted by molar-refractivity contribution is 6.13. The Morgan fingerprint density at radius 3 is 2.48 bits per heavy atom. The van der Waals surface area contributed by atoms with Gasteiger partial charge < -0.3 is 25.5 Å². The van der Waals surface area contributed by atoms with Crippen molar-refractivity contribution in [3.63, 3.8) is 0 Å². The van der Waals surface area contributed by atoms with Gasteiger partial charge >= 0.3 is 0 Å². The number of hydrogen-bond acceptors (Lipinski definition) is 9. The molecule has 0 radical (unpaired) electrons. The van der Waals surface area contributed by atoms with E-state index in [4.69, 9.17) is 5.11 Å². The van der Waals surface area contributed by atoms with Crippen LogP contribution in [0.5, 0.6) is 0 Å². The number of nitrogens with zero attached hydrogens (tertiary/aromatic N) is 2. The molecule has 1 aromatic carbocycles. The predicted molar refractivity (Wildman–Crippen MR) is 97.5 cm³/mol. The van der Waals surface area contributed by atoms with E-state index in [1.807, 2.05) is 31.2 Å². The first kappa shape index (κ1) is 20.7. The zero-order valence-electron chi connectivity index (χ0n) is 14.5. The average molecular weight is 378 g/mol. The van der Waals surface area contributed by atoms with Crippen molar-refractivity contribution in [2.75, 3.05) is 6.61 Å². The highest BCUT2D eigenvalue weighted by Crippen LogP contribution is 2.12. The van der Waals surface area contributed by atoms with Crippen molar-refractivity contribution < 1.29 is 30.3 Å². The molecular weight excluding hydrogens is 356 g/mol. The first-order valence-electron chi connectivity index (χ1n) is 8.12. The Hall–Kier alpha value is -2.63. The van der Waals surface area contributed by atoms with Crippen LogP contribution >= 0.6 is 0 Å². The summed E-state index contributed by atoms with van der Waals surface area (Å²) in [6.07, 6.45) is -4.32. The zero-order valence-corrected chi connectivity index (χ0v) is 14.5. The number of nitrogens with one attached hydrogen (secondary N) is 2. The molecular formula is C17H22N4O6. The number of aliphatic hydroxyl groups excluding tert-OH is 5. The molecule has 0 saturated carbocycles. The number of carbonyl (C=O) groups excluding carboxylic acids is 1. The molecule has 2 rings (SSSR count). The Balaban J connectivity index is 1.96. The highest BCUT2D eigenvalue weighted by Gasteiger charge is 2.29. The van der Waals surface area contributed by atoms with Crippen molar-refractivity contribution in [3.05, 3.63) is 41.1 Å². The fourth-order valence-electron chi connectivity index (χ4n) is 2.14. The van der Waals surface area contributed by atoms with Crippen molar-refractivity contribution in [1.82, 2.24) is 10.7 Å². The topological polar surface area (TPSA) is 167 Å². The summed E-state index contributed by atoms with van der Waals surface area (Å²) in [4.78, 5) is 15.9. The van der Waals surface area contributed by atoms with Gasteiger partial charge in [0.05, 0.1) is 12.8 Å². The fraction of sp³-hybridized carbons (Fsp3) is 0.353. The van der Waals surface area contributed by atoms with E-state index in [1.54, 1.807) is 6.08 Å². The van der Waals surface area contributed by atoms with E-state index >= 15 is 0 Å². The van der Waals surface area contributed by atoms with Gasteiger partial charge in [0, 0.05) is 0 Å². The third kappa shape index (κ3) is 5.67. The molecule has 1 heterocycles. The summed E-state index contributed by atoms with van der Waals surface area (Å²) in [5, 5.41) is 52.9. The molecule has 0 aromatic heterocycles. The van der Waals surface area contributed by atoms with Gasteiger partial charge in [-0.1, -0.05) is 29.8 Å². The summed E-state index contributed by atoms with van der Waals surface area (Å²) < 4.78 is 0. The van der Waals surface area contributed by atoms with E-state index in [9.17, 15) is 25.2 Å². The quantitative estimate of drug-likeness (QED) is 0.161. The summed E-state index contributed by atoms with van der Waals surface area (Å²) in [5.74, 6) is -0.414. The van der Waals surface area contributed by atoms with Gasteiger partial charge in [-0.2, -0.15) is 5.10 Å². The maximum Gasteiger partial charge on any atom is 0.276 e. The molecule has 1 aliphatic heterocycles. The molecule has 27 heavy (non-hydrogen) atoms. The maximum atomic E-state index is 11.9. The summed E-state index contributed by atoms with van der Waals surface area (Å²) in [6.45, 7) is 1.17. The molecule has 4 atom stereocenters. The van der Waals surface area contributed by atoms with E-state index in [2.05, 4.69) is 20.8 Å². The molecule has 146 valence electrons. The molecule has 0 fully saturated rings. The second-order valence-corrected chi connectivity index (χ2v) is 5.97. The first-order valence-corrected chi connectivity index (χ1v) is 8.12. The van der Waals surface area contributed by atoms with Crippen LogP contribution in [0.25, 0.3) is 6.08 Å². The number of aryl methyl sites for hydroxylation is 1. The van der Waals surface area contributed by atoms with Gasteiger partial charge in [-0.3, -0.25) is 10.1 Å². The standard InChI is InChI=1S/C17H22N4O6/c1-9-2-4-10(5-3-9)6-11-16(27)20-17(19-11)21-18-7-12(23)14(25)15(26)13(24)8-22/h2-7,12-15,22-26H,8H2,1H3,(H2,19,20,21,27). The van der Waals surface area contributed by atoms with Crippen molar-refractivity contribution in [3.8, 4) is 0 Å². The molecule has 7 N–H and O–H groups in total. The Kier molecular flexibility index (Phi) is 7.16. The van der Waals surface area contributed by atoms with E-state index < -0.39 is 36.9 Å². The molecule has 10 heteroatoms. The summed E-state index contributed by atoms with van der Waals surface area (Å²) in [5.41, 5.74) is 4.44. The molecule has 1 aromatic rings. The third-order valence-electron chi connectivity index (χ3n) is 3.76. The van der Waals surface area contributed by atoms with Crippen molar-refractivity contribution in [2.45, 2.75) is 31.3 Å². The Labute approximate surface area is 155 Å². The average Bonchev–Trinajstić information content (AvgIpc) is 3.00. The number of carbonyl (C=O) groups is 1. The van der Waals surface area contributed by atoms with Gasteiger partial charge in [-0.15, -0.1) is 0 Å². The van der Waals surface area contributed by atoms with E-state index in [0.717, 1.165) is 17.3 Å². The van der Waals surface area contributed by atoms with Crippen molar-refractivity contribution >= 4 is 24.2 Å². The molecule has 0 spiro atoms. The van der Waals surface area contributed by atoms with Crippen molar-refractivity contribution in [1.29, 1.82) is 0 Å². The number of aliphatic hydroxyl groups is 5. The van der Waals surface area contributed by atoms with Crippen LogP contribution in [0, 0.1) is 6.92 Å². The van der Waals surface area contributed by atoms with E-state index in [-0.39, 0.29) is 11.7 Å². The number of rotatable bonds is 7. The zero-order chi connectivity index (χ0) is 20.0. The monoisotopic (exact) mass is 378 g/mol. The molecule has 10 nitrogen and oxygen atoms in total. The van der Waals surface area contributed by atoms with Crippen LogP contribution in [-0.4, -0.2) is 74.6 Å². The molecule has 1 aliphatic rings. The Morgan fingerprint density at radius 2 is 1.85 bits per heavy atom. The van der Waals surface area contributed by atoms with Crippen LogP contribution in [-0.2, 0) is 4.79 Å². The van der Waals surface area contributed by atoms with Crippen LogP contribution in [0.1, 0.15) is 11.1 Å². The maximum absolute atomic E-state index is 11.9. The van der Waals surface area contributed by atoms with Crippen LogP contribution in [0.3, 0.4) is 0 Å². The first-order chi connectivity index (χ1) is 12.8. The van der Waals surface area contributed by atoms with Gasteiger partial charge in [0.25, 0.3) is 5.91 Å². The third-order valence-corrected chi connectivity index (χ3v) is 3.76. The van der Waals surface area contributed by atoms with Crippen LogP contribution in [0.2, 0.25) is 0 Å². The lowest BCUT2D eigenvalue weighted by atomic mass is 10.0. The SMILES string of the molecule is Cc1ccc(C=C2N=C(NN=CC(O)C(O)C(O)C(O)CO)NC2=O)cc1. The summed E-state index contributed by atoms with van der Waals surface area (Å²) >= 11 is 0. The fourth-order valence-corrected chi connectivity index (χ4v) is 2.14. The minimum absolute atomic E-state index is 0.0206. The minimum atomic E-state index is -1.77. The van der Waals surface area contributed by atoms with Crippen molar-refractivity contribution in [2.24, 2.45) is 10.1 Å². The number of benzene rings is 1. The second-order valence-electron chi connectivity index (χ2n) is 5.97. The minimum Gasteiger partial charge on any atom is -0.394 e. The smallest absolute Gasteiger partial charge is 0.276 e. The normalized spacial score (nSPS) is 20.3. The van der Waals surface area contributed by atoms with Crippen LogP contribution in [0.15, 0.2) is 40.1 Å². The van der Waals surface area contributed by atoms with Gasteiger partial charge in [0.2, 0.25) is 5.96 Å². The predicted octanol–water partition coefficient (Wildman–Crippen LogP) is -2.17. The molecule has 4 unspecified atom stereocenters. The van der Waals surface area contributed by atoms with Gasteiger partial charge in [-0.25, -0.2) is 10.4 Å². The van der Waals surface area contributed by atoms with Crippen LogP contribution < -0.4 is 10.7 Å². The summed E-state index contributed by atoms with van der Waals surface area (Å²) in [7, 11) is 0. The lowest BCUT2D eigenvalue weighted by molar-refractivity contribution is -0.115. The molecule has 0 saturated heterocycles. The summed E-state index contributed by atoms with van der Waals surface area (Å²) in [6, 6.07) is 7.50. The molecule has 0 bridgehead atoms. The van der Waals surface area contributed by atoms with Gasteiger partial charge in [-0.05, 0) is 18.6 Å².